The molecule has 1 amide bonds. The van der Waals surface area contributed by atoms with Crippen molar-refractivity contribution >= 4 is 21.7 Å². The Labute approximate surface area is 114 Å². The highest BCUT2D eigenvalue weighted by molar-refractivity contribution is 7.90. The van der Waals surface area contributed by atoms with E-state index in [1.165, 1.54) is 13.4 Å². The predicted octanol–water partition coefficient (Wildman–Crippen LogP) is 0.223. The topological polar surface area (TPSA) is 80.8 Å². The van der Waals surface area contributed by atoms with Crippen LogP contribution in [0, 0.1) is 5.92 Å². The molecule has 0 unspecified atom stereocenters. The average Bonchev–Trinajstić information content (AvgIpc) is 2.34. The fourth-order valence-corrected chi connectivity index (χ4v) is 3.44. The minimum Gasteiger partial charge on any atom is -0.469 e. The number of ether oxygens (including phenoxy) is 1. The molecule has 0 bridgehead atoms. The zero-order valence-electron chi connectivity index (χ0n) is 11.4. The first-order chi connectivity index (χ1) is 8.81. The summed E-state index contributed by atoms with van der Waals surface area (Å²) in [6.07, 6.45) is 2.90. The fourth-order valence-electron chi connectivity index (χ4n) is 2.25. The number of amides is 1. The van der Waals surface area contributed by atoms with Gasteiger partial charge < -0.3 is 9.64 Å². The van der Waals surface area contributed by atoms with Gasteiger partial charge >= 0.3 is 5.97 Å². The molecule has 110 valence electrons. The van der Waals surface area contributed by atoms with Crippen LogP contribution in [0.15, 0.2) is 0 Å². The zero-order valence-corrected chi connectivity index (χ0v) is 12.2. The summed E-state index contributed by atoms with van der Waals surface area (Å²) < 4.78 is 26.9. The molecule has 19 heavy (non-hydrogen) atoms. The number of esters is 1. The van der Waals surface area contributed by atoms with Crippen LogP contribution in [0.3, 0.4) is 0 Å². The number of carbonyl (C=O) groups excluding carboxylic acids is 2. The third-order valence-corrected chi connectivity index (χ3v) is 4.35. The van der Waals surface area contributed by atoms with Crippen molar-refractivity contribution in [3.05, 3.63) is 0 Å². The van der Waals surface area contributed by atoms with Crippen molar-refractivity contribution < 1.29 is 22.7 Å². The summed E-state index contributed by atoms with van der Waals surface area (Å²) in [5, 5.41) is 0. The number of methoxy groups -OCH3 is 1. The second kappa shape index (κ2) is 6.88. The van der Waals surface area contributed by atoms with Crippen molar-refractivity contribution in [2.75, 3.05) is 32.2 Å². The van der Waals surface area contributed by atoms with E-state index in [1.807, 2.05) is 0 Å². The van der Waals surface area contributed by atoms with Crippen LogP contribution >= 0.6 is 0 Å². The summed E-state index contributed by atoms with van der Waals surface area (Å²) >= 11 is 0. The second-order valence-corrected chi connectivity index (χ2v) is 7.18. The Morgan fingerprint density at radius 3 is 2.26 bits per heavy atom. The van der Waals surface area contributed by atoms with Gasteiger partial charge in [-0.1, -0.05) is 0 Å². The average molecular weight is 291 g/mol. The van der Waals surface area contributed by atoms with Gasteiger partial charge in [0, 0.05) is 25.8 Å². The molecule has 1 fully saturated rings. The number of nitrogens with zero attached hydrogens (tertiary/aromatic N) is 1. The third-order valence-electron chi connectivity index (χ3n) is 3.28. The lowest BCUT2D eigenvalue weighted by Gasteiger charge is -2.31. The summed E-state index contributed by atoms with van der Waals surface area (Å²) in [5.74, 6) is -0.125. The van der Waals surface area contributed by atoms with Crippen LogP contribution in [-0.4, -0.2) is 57.4 Å². The molecule has 1 saturated heterocycles. The first kappa shape index (κ1) is 15.9. The van der Waals surface area contributed by atoms with E-state index in [0.717, 1.165) is 0 Å². The second-order valence-electron chi connectivity index (χ2n) is 4.99. The number of carbonyl (C=O) groups is 2. The van der Waals surface area contributed by atoms with Crippen molar-refractivity contribution in [1.82, 2.24) is 4.90 Å². The van der Waals surface area contributed by atoms with Gasteiger partial charge in [-0.05, 0) is 18.8 Å². The Morgan fingerprint density at radius 1 is 1.21 bits per heavy atom. The fraction of sp³-hybridized carbons (Fsp3) is 0.833. The Hall–Kier alpha value is -1.11. The zero-order chi connectivity index (χ0) is 14.5. The summed E-state index contributed by atoms with van der Waals surface area (Å²) in [6.45, 7) is 1.14. The van der Waals surface area contributed by atoms with Gasteiger partial charge in [-0.25, -0.2) is 8.42 Å². The van der Waals surface area contributed by atoms with Crippen LogP contribution < -0.4 is 0 Å². The van der Waals surface area contributed by atoms with Gasteiger partial charge in [-0.2, -0.15) is 0 Å². The molecule has 1 aliphatic rings. The van der Waals surface area contributed by atoms with Crippen molar-refractivity contribution in [2.45, 2.75) is 25.7 Å². The van der Waals surface area contributed by atoms with Crippen LogP contribution in [0.5, 0.6) is 0 Å². The quantitative estimate of drug-likeness (QED) is 0.677. The lowest BCUT2D eigenvalue weighted by molar-refractivity contribution is -0.143. The molecule has 1 aliphatic heterocycles. The number of piperidine rings is 1. The highest BCUT2D eigenvalue weighted by Crippen LogP contribution is 2.19. The van der Waals surface area contributed by atoms with Gasteiger partial charge in [0.1, 0.15) is 9.84 Å². The highest BCUT2D eigenvalue weighted by atomic mass is 32.2. The van der Waals surface area contributed by atoms with E-state index in [9.17, 15) is 18.0 Å². The van der Waals surface area contributed by atoms with Crippen LogP contribution in [0.2, 0.25) is 0 Å². The van der Waals surface area contributed by atoms with Crippen LogP contribution in [-0.2, 0) is 24.2 Å². The molecule has 6 nitrogen and oxygen atoms in total. The predicted molar refractivity (Wildman–Crippen MR) is 70.3 cm³/mol. The first-order valence-electron chi connectivity index (χ1n) is 6.34. The van der Waals surface area contributed by atoms with Crippen molar-refractivity contribution in [3.63, 3.8) is 0 Å². The van der Waals surface area contributed by atoms with Gasteiger partial charge in [-0.15, -0.1) is 0 Å². The summed E-state index contributed by atoms with van der Waals surface area (Å²) in [4.78, 5) is 24.5. The molecule has 0 aromatic rings. The Morgan fingerprint density at radius 2 is 1.79 bits per heavy atom. The van der Waals surface area contributed by atoms with Crippen molar-refractivity contribution in [3.8, 4) is 0 Å². The highest BCUT2D eigenvalue weighted by Gasteiger charge is 2.25. The molecule has 0 aliphatic carbocycles. The standard InChI is InChI=1S/C12H21NO5S/c1-18-12(15)4-3-11(14)13-7-5-10(6-8-13)9-19(2,16)17/h10H,3-9H2,1-2H3. The molecule has 0 saturated carbocycles. The molecule has 0 aromatic carbocycles. The molecule has 0 aromatic heterocycles. The SMILES string of the molecule is COC(=O)CCC(=O)N1CCC(CS(C)(=O)=O)CC1. The molecule has 0 atom stereocenters. The van der Waals surface area contributed by atoms with E-state index < -0.39 is 9.84 Å². The monoisotopic (exact) mass is 291 g/mol. The molecule has 0 spiro atoms. The summed E-state index contributed by atoms with van der Waals surface area (Å²) in [6, 6.07) is 0. The van der Waals surface area contributed by atoms with Crippen molar-refractivity contribution in [1.29, 1.82) is 0 Å². The van der Waals surface area contributed by atoms with E-state index in [4.69, 9.17) is 0 Å². The minimum absolute atomic E-state index is 0.0665. The number of rotatable bonds is 5. The molecular formula is C12H21NO5S. The maximum atomic E-state index is 11.8. The number of sulfone groups is 1. The van der Waals surface area contributed by atoms with Gasteiger partial charge in [0.15, 0.2) is 0 Å². The third kappa shape index (κ3) is 6.04. The van der Waals surface area contributed by atoms with Gasteiger partial charge in [0.05, 0.1) is 19.3 Å². The van der Waals surface area contributed by atoms with Gasteiger partial charge in [0.2, 0.25) is 5.91 Å². The molecule has 1 heterocycles. The van der Waals surface area contributed by atoms with Crippen LogP contribution in [0.25, 0.3) is 0 Å². The molecular weight excluding hydrogens is 270 g/mol. The van der Waals surface area contributed by atoms with E-state index in [1.54, 1.807) is 4.90 Å². The Bertz CT molecular complexity index is 423. The van der Waals surface area contributed by atoms with Gasteiger partial charge in [0.25, 0.3) is 0 Å². The Balaban J connectivity index is 2.33. The molecule has 1 rings (SSSR count). The Kier molecular flexibility index (Phi) is 5.78. The van der Waals surface area contributed by atoms with Crippen molar-refractivity contribution in [2.24, 2.45) is 5.92 Å². The molecule has 0 radical (unpaired) electrons. The van der Waals surface area contributed by atoms with Crippen LogP contribution in [0.1, 0.15) is 25.7 Å². The first-order valence-corrected chi connectivity index (χ1v) is 8.40. The summed E-state index contributed by atoms with van der Waals surface area (Å²) in [5.41, 5.74) is 0. The lowest BCUT2D eigenvalue weighted by atomic mass is 9.98. The smallest absolute Gasteiger partial charge is 0.306 e. The number of hydrogen-bond donors (Lipinski definition) is 0. The number of likely N-dealkylation sites (tertiary alicyclic amines) is 1. The van der Waals surface area contributed by atoms with E-state index in [-0.39, 0.29) is 36.4 Å². The van der Waals surface area contributed by atoms with E-state index >= 15 is 0 Å². The van der Waals surface area contributed by atoms with Crippen LogP contribution in [0.4, 0.5) is 0 Å². The maximum Gasteiger partial charge on any atom is 0.306 e. The van der Waals surface area contributed by atoms with Gasteiger partial charge in [-0.3, -0.25) is 9.59 Å². The number of hydrogen-bond acceptors (Lipinski definition) is 5. The maximum absolute atomic E-state index is 11.8. The van der Waals surface area contributed by atoms with E-state index in [0.29, 0.717) is 25.9 Å². The summed E-state index contributed by atoms with van der Waals surface area (Å²) in [7, 11) is -1.66. The lowest BCUT2D eigenvalue weighted by Crippen LogP contribution is -2.40. The molecule has 7 heteroatoms. The van der Waals surface area contributed by atoms with E-state index in [2.05, 4.69) is 4.74 Å². The normalized spacial score (nSPS) is 17.3. The largest absolute Gasteiger partial charge is 0.469 e. The minimum atomic E-state index is -2.95. The molecule has 0 N–H and O–H groups in total.